The van der Waals surface area contributed by atoms with E-state index in [1.165, 1.54) is 0 Å². The van der Waals surface area contributed by atoms with Crippen molar-refractivity contribution in [2.24, 2.45) is 0 Å². The monoisotopic (exact) mass is 325 g/mol. The van der Waals surface area contributed by atoms with Gasteiger partial charge in [0.05, 0.1) is 13.2 Å². The van der Waals surface area contributed by atoms with Gasteiger partial charge in [-0.05, 0) is 49.6 Å². The third-order valence-corrected chi connectivity index (χ3v) is 4.86. The molecule has 4 heteroatoms. The van der Waals surface area contributed by atoms with Crippen molar-refractivity contribution in [2.75, 3.05) is 13.7 Å². The Morgan fingerprint density at radius 2 is 1.83 bits per heavy atom. The van der Waals surface area contributed by atoms with Crippen LogP contribution in [0, 0.1) is 0 Å². The number of carbonyl (C=O) groups excluding carboxylic acids is 1. The number of rotatable bonds is 4. The fourth-order valence-electron chi connectivity index (χ4n) is 3.46. The van der Waals surface area contributed by atoms with E-state index in [4.69, 9.17) is 4.74 Å². The maximum atomic E-state index is 12.8. The van der Waals surface area contributed by atoms with Gasteiger partial charge in [-0.15, -0.1) is 0 Å². The molecule has 1 amide bonds. The molecule has 0 spiro atoms. The molecule has 1 heterocycles. The summed E-state index contributed by atoms with van der Waals surface area (Å²) < 4.78 is 5.18. The Labute approximate surface area is 142 Å². The van der Waals surface area contributed by atoms with Gasteiger partial charge in [0.1, 0.15) is 11.4 Å². The summed E-state index contributed by atoms with van der Waals surface area (Å²) in [6.07, 6.45) is 1.69. The number of nitrogens with zero attached hydrogens (tertiary/aromatic N) is 1. The summed E-state index contributed by atoms with van der Waals surface area (Å²) >= 11 is 0. The van der Waals surface area contributed by atoms with Gasteiger partial charge >= 0.3 is 0 Å². The molecule has 1 saturated heterocycles. The van der Waals surface area contributed by atoms with Crippen LogP contribution in [-0.4, -0.2) is 35.6 Å². The van der Waals surface area contributed by atoms with Crippen molar-refractivity contribution in [3.8, 4) is 5.75 Å². The number of aliphatic hydroxyl groups is 1. The van der Waals surface area contributed by atoms with Crippen molar-refractivity contribution >= 4 is 5.91 Å². The van der Waals surface area contributed by atoms with Gasteiger partial charge < -0.3 is 14.7 Å². The molecular formula is C20H23NO3. The second kappa shape index (κ2) is 6.65. The lowest BCUT2D eigenvalue weighted by Gasteiger charge is -2.37. The SMILES string of the molecule is COc1ccc([C@@](C)(O)[C@H]2CCCN2C(=O)c2ccccc2)cc1. The summed E-state index contributed by atoms with van der Waals surface area (Å²) in [5.74, 6) is 0.727. The predicted molar refractivity (Wildman–Crippen MR) is 93.1 cm³/mol. The van der Waals surface area contributed by atoms with Crippen LogP contribution in [0.2, 0.25) is 0 Å². The van der Waals surface area contributed by atoms with E-state index in [0.29, 0.717) is 12.1 Å². The molecule has 4 nitrogen and oxygen atoms in total. The highest BCUT2D eigenvalue weighted by Gasteiger charge is 2.42. The molecule has 2 atom stereocenters. The lowest BCUT2D eigenvalue weighted by atomic mass is 9.86. The number of amides is 1. The van der Waals surface area contributed by atoms with E-state index in [2.05, 4.69) is 0 Å². The van der Waals surface area contributed by atoms with Gasteiger partial charge in [-0.2, -0.15) is 0 Å². The van der Waals surface area contributed by atoms with Crippen molar-refractivity contribution in [3.63, 3.8) is 0 Å². The maximum Gasteiger partial charge on any atom is 0.254 e. The van der Waals surface area contributed by atoms with Crippen LogP contribution in [0.4, 0.5) is 0 Å². The van der Waals surface area contributed by atoms with Gasteiger partial charge in [0.15, 0.2) is 0 Å². The number of likely N-dealkylation sites (tertiary alicyclic amines) is 1. The van der Waals surface area contributed by atoms with Crippen molar-refractivity contribution in [1.82, 2.24) is 4.90 Å². The average molecular weight is 325 g/mol. The normalized spacial score (nSPS) is 19.8. The fraction of sp³-hybridized carbons (Fsp3) is 0.350. The first-order valence-corrected chi connectivity index (χ1v) is 8.27. The topological polar surface area (TPSA) is 49.8 Å². The minimum absolute atomic E-state index is 0.0214. The van der Waals surface area contributed by atoms with Crippen LogP contribution >= 0.6 is 0 Å². The summed E-state index contributed by atoms with van der Waals surface area (Å²) in [7, 11) is 1.62. The summed E-state index contributed by atoms with van der Waals surface area (Å²) in [5.41, 5.74) is 0.351. The molecule has 0 aliphatic carbocycles. The third kappa shape index (κ3) is 3.02. The summed E-state index contributed by atoms with van der Waals surface area (Å²) in [6.45, 7) is 2.46. The lowest BCUT2D eigenvalue weighted by Crippen LogP contribution is -2.48. The summed E-state index contributed by atoms with van der Waals surface area (Å²) in [5, 5.41) is 11.2. The van der Waals surface area contributed by atoms with E-state index in [0.717, 1.165) is 24.2 Å². The van der Waals surface area contributed by atoms with Crippen molar-refractivity contribution in [1.29, 1.82) is 0 Å². The predicted octanol–water partition coefficient (Wildman–Crippen LogP) is 3.21. The number of ether oxygens (including phenoxy) is 1. The van der Waals surface area contributed by atoms with Gasteiger partial charge in [0, 0.05) is 12.1 Å². The van der Waals surface area contributed by atoms with E-state index in [-0.39, 0.29) is 11.9 Å². The Hall–Kier alpha value is -2.33. The van der Waals surface area contributed by atoms with Crippen LogP contribution in [0.3, 0.4) is 0 Å². The van der Waals surface area contributed by atoms with Crippen LogP contribution in [0.1, 0.15) is 35.7 Å². The van der Waals surface area contributed by atoms with Crippen molar-refractivity contribution < 1.29 is 14.6 Å². The molecule has 0 bridgehead atoms. The summed E-state index contributed by atoms with van der Waals surface area (Å²) in [6, 6.07) is 16.4. The van der Waals surface area contributed by atoms with Gasteiger partial charge in [-0.3, -0.25) is 4.79 Å². The largest absolute Gasteiger partial charge is 0.497 e. The van der Waals surface area contributed by atoms with Crippen LogP contribution < -0.4 is 4.74 Å². The molecule has 3 rings (SSSR count). The molecule has 1 aliphatic rings. The summed E-state index contributed by atoms with van der Waals surface area (Å²) in [4.78, 5) is 14.6. The lowest BCUT2D eigenvalue weighted by molar-refractivity contribution is -0.0177. The standard InChI is InChI=1S/C20H23NO3/c1-20(23,16-10-12-17(24-2)13-11-16)18-9-6-14-21(18)19(22)15-7-4-3-5-8-15/h3-5,7-8,10-13,18,23H,6,9,14H2,1-2H3/t18-,20-/m1/s1. The zero-order chi connectivity index (χ0) is 17.2. The van der Waals surface area contributed by atoms with Gasteiger partial charge in [0.2, 0.25) is 0 Å². The first kappa shape index (κ1) is 16.5. The molecule has 1 N–H and O–H groups in total. The Kier molecular flexibility index (Phi) is 4.58. The van der Waals surface area contributed by atoms with Gasteiger partial charge in [0.25, 0.3) is 5.91 Å². The molecule has 0 aromatic heterocycles. The smallest absolute Gasteiger partial charge is 0.254 e. The van der Waals surface area contributed by atoms with E-state index in [1.807, 2.05) is 54.6 Å². The fourth-order valence-corrected chi connectivity index (χ4v) is 3.46. The van der Waals surface area contributed by atoms with Crippen molar-refractivity contribution in [2.45, 2.75) is 31.4 Å². The van der Waals surface area contributed by atoms with Crippen LogP contribution in [0.5, 0.6) is 5.75 Å². The van der Waals surface area contributed by atoms with E-state index in [1.54, 1.807) is 18.9 Å². The number of hydrogen-bond acceptors (Lipinski definition) is 3. The second-order valence-electron chi connectivity index (χ2n) is 6.40. The molecule has 0 saturated carbocycles. The molecule has 1 aliphatic heterocycles. The Morgan fingerprint density at radius 3 is 2.46 bits per heavy atom. The molecule has 2 aromatic rings. The number of hydrogen-bond donors (Lipinski definition) is 1. The Balaban J connectivity index is 1.87. The van der Waals surface area contributed by atoms with Crippen LogP contribution in [-0.2, 0) is 5.60 Å². The highest BCUT2D eigenvalue weighted by atomic mass is 16.5. The Bertz CT molecular complexity index is 695. The number of benzene rings is 2. The minimum Gasteiger partial charge on any atom is -0.497 e. The first-order chi connectivity index (χ1) is 11.5. The van der Waals surface area contributed by atoms with Gasteiger partial charge in [-0.1, -0.05) is 30.3 Å². The van der Waals surface area contributed by atoms with Gasteiger partial charge in [-0.25, -0.2) is 0 Å². The quantitative estimate of drug-likeness (QED) is 0.939. The molecule has 126 valence electrons. The molecule has 1 fully saturated rings. The zero-order valence-corrected chi connectivity index (χ0v) is 14.1. The molecule has 0 unspecified atom stereocenters. The van der Waals surface area contributed by atoms with E-state index >= 15 is 0 Å². The molecule has 0 radical (unpaired) electrons. The first-order valence-electron chi connectivity index (χ1n) is 8.27. The van der Waals surface area contributed by atoms with E-state index in [9.17, 15) is 9.90 Å². The highest BCUT2D eigenvalue weighted by molar-refractivity contribution is 5.94. The highest BCUT2D eigenvalue weighted by Crippen LogP contribution is 2.36. The second-order valence-corrected chi connectivity index (χ2v) is 6.40. The molecule has 24 heavy (non-hydrogen) atoms. The Morgan fingerprint density at radius 1 is 1.17 bits per heavy atom. The van der Waals surface area contributed by atoms with E-state index < -0.39 is 5.60 Å². The third-order valence-electron chi connectivity index (χ3n) is 4.86. The zero-order valence-electron chi connectivity index (χ0n) is 14.1. The average Bonchev–Trinajstić information content (AvgIpc) is 3.12. The van der Waals surface area contributed by atoms with Crippen molar-refractivity contribution in [3.05, 3.63) is 65.7 Å². The number of carbonyl (C=O) groups is 1. The number of methoxy groups -OCH3 is 1. The van der Waals surface area contributed by atoms with Crippen LogP contribution in [0.25, 0.3) is 0 Å². The maximum absolute atomic E-state index is 12.8. The minimum atomic E-state index is -1.10. The molecule has 2 aromatic carbocycles. The van der Waals surface area contributed by atoms with Crippen LogP contribution in [0.15, 0.2) is 54.6 Å². The molecular weight excluding hydrogens is 302 g/mol.